The zero-order valence-corrected chi connectivity index (χ0v) is 12.8. The van der Waals surface area contributed by atoms with E-state index in [2.05, 4.69) is 35.6 Å². The van der Waals surface area contributed by atoms with E-state index in [0.717, 1.165) is 0 Å². The van der Waals surface area contributed by atoms with Crippen molar-refractivity contribution in [1.29, 1.82) is 5.26 Å². The zero-order valence-electron chi connectivity index (χ0n) is 10.4. The van der Waals surface area contributed by atoms with Gasteiger partial charge in [0.1, 0.15) is 6.07 Å². The molecule has 21 heavy (non-hydrogen) atoms. The molecule has 0 amide bonds. The van der Waals surface area contributed by atoms with E-state index in [1.54, 1.807) is 18.2 Å². The van der Waals surface area contributed by atoms with Crippen molar-refractivity contribution in [2.75, 3.05) is 4.72 Å². The van der Waals surface area contributed by atoms with Crippen LogP contribution in [-0.2, 0) is 10.0 Å². The van der Waals surface area contributed by atoms with Gasteiger partial charge in [0.25, 0.3) is 10.0 Å². The van der Waals surface area contributed by atoms with Crippen molar-refractivity contribution in [2.24, 2.45) is 0 Å². The monoisotopic (exact) mass is 365 g/mol. The molecule has 0 atom stereocenters. The number of fused-ring (bicyclic) bond motifs is 1. The maximum Gasteiger partial charge on any atom is 0.281 e. The number of nitrogens with one attached hydrogen (secondary N) is 3. The van der Waals surface area contributed by atoms with Crippen LogP contribution in [0.25, 0.3) is 10.9 Å². The van der Waals surface area contributed by atoms with Gasteiger partial charge in [-0.3, -0.25) is 4.72 Å². The van der Waals surface area contributed by atoms with Crippen LogP contribution in [0.5, 0.6) is 0 Å². The van der Waals surface area contributed by atoms with Gasteiger partial charge in [-0.15, -0.1) is 0 Å². The fourth-order valence-corrected chi connectivity index (χ4v) is 3.36. The summed E-state index contributed by atoms with van der Waals surface area (Å²) in [5, 5.41) is 9.53. The lowest BCUT2D eigenvalue weighted by atomic mass is 10.2. The van der Waals surface area contributed by atoms with Gasteiger partial charge < -0.3 is 9.97 Å². The lowest BCUT2D eigenvalue weighted by Crippen LogP contribution is -2.13. The van der Waals surface area contributed by atoms with Crippen molar-refractivity contribution in [3.63, 3.8) is 0 Å². The Morgan fingerprint density at radius 3 is 2.76 bits per heavy atom. The SMILES string of the molecule is N#Cc1c[nH]c2c(NS(=O)(=O)c3c[nH]c(Br)n3)cccc12. The molecule has 0 aliphatic rings. The number of H-pyrrole nitrogens is 2. The van der Waals surface area contributed by atoms with Crippen molar-refractivity contribution in [1.82, 2.24) is 15.0 Å². The summed E-state index contributed by atoms with van der Waals surface area (Å²) in [6, 6.07) is 7.07. The van der Waals surface area contributed by atoms with Crippen molar-refractivity contribution in [3.05, 3.63) is 40.9 Å². The lowest BCUT2D eigenvalue weighted by molar-refractivity contribution is 0.598. The van der Waals surface area contributed by atoms with Crippen molar-refractivity contribution < 1.29 is 8.42 Å². The third kappa shape index (κ3) is 2.39. The van der Waals surface area contributed by atoms with Gasteiger partial charge in [0.15, 0.2) is 9.76 Å². The Bertz CT molecular complexity index is 967. The number of benzene rings is 1. The van der Waals surface area contributed by atoms with Crippen LogP contribution in [0.4, 0.5) is 5.69 Å². The van der Waals surface area contributed by atoms with Gasteiger partial charge in [-0.1, -0.05) is 12.1 Å². The number of imidazole rings is 1. The van der Waals surface area contributed by atoms with E-state index in [-0.39, 0.29) is 5.03 Å². The standard InChI is InChI=1S/C12H8BrN5O2S/c13-12-16-6-10(17-12)21(19,20)18-9-3-1-2-8-7(4-14)5-15-11(8)9/h1-3,5-6,15,18H,(H,16,17). The van der Waals surface area contributed by atoms with Crippen LogP contribution in [0, 0.1) is 11.3 Å². The van der Waals surface area contributed by atoms with Crippen molar-refractivity contribution >= 4 is 42.5 Å². The van der Waals surface area contributed by atoms with Gasteiger partial charge in [-0.2, -0.15) is 13.7 Å². The van der Waals surface area contributed by atoms with Crippen LogP contribution in [0.1, 0.15) is 5.56 Å². The maximum atomic E-state index is 12.2. The van der Waals surface area contributed by atoms with Crippen LogP contribution < -0.4 is 4.72 Å². The lowest BCUT2D eigenvalue weighted by Gasteiger charge is -2.06. The molecular formula is C12H8BrN5O2S. The van der Waals surface area contributed by atoms with Gasteiger partial charge >= 0.3 is 0 Å². The first-order chi connectivity index (χ1) is 10.0. The Labute approximate surface area is 128 Å². The minimum Gasteiger partial charge on any atom is -0.358 e. The molecule has 0 aliphatic carbocycles. The van der Waals surface area contributed by atoms with Crippen LogP contribution in [0.3, 0.4) is 0 Å². The van der Waals surface area contributed by atoms with Gasteiger partial charge in [0.2, 0.25) is 0 Å². The summed E-state index contributed by atoms with van der Waals surface area (Å²) < 4.78 is 27.3. The number of rotatable bonds is 3. The van der Waals surface area contributed by atoms with E-state index in [1.165, 1.54) is 12.4 Å². The largest absolute Gasteiger partial charge is 0.358 e. The van der Waals surface area contributed by atoms with E-state index in [1.807, 2.05) is 6.07 Å². The number of nitriles is 1. The van der Waals surface area contributed by atoms with E-state index in [0.29, 0.717) is 26.9 Å². The maximum absolute atomic E-state index is 12.2. The molecule has 7 nitrogen and oxygen atoms in total. The molecule has 0 saturated carbocycles. The molecule has 0 spiro atoms. The number of halogens is 1. The molecule has 3 rings (SSSR count). The number of aromatic nitrogens is 3. The average Bonchev–Trinajstić information content (AvgIpc) is 3.05. The number of hydrogen-bond donors (Lipinski definition) is 3. The third-order valence-electron chi connectivity index (χ3n) is 2.88. The first-order valence-corrected chi connectivity index (χ1v) is 8.03. The first-order valence-electron chi connectivity index (χ1n) is 5.75. The number of nitrogens with zero attached hydrogens (tertiary/aromatic N) is 2. The number of hydrogen-bond acceptors (Lipinski definition) is 4. The highest BCUT2D eigenvalue weighted by atomic mass is 79.9. The van der Waals surface area contributed by atoms with E-state index in [4.69, 9.17) is 5.26 Å². The number of para-hydroxylation sites is 1. The minimum atomic E-state index is -3.81. The van der Waals surface area contributed by atoms with E-state index in [9.17, 15) is 8.42 Å². The number of aromatic amines is 2. The molecular weight excluding hydrogens is 358 g/mol. The van der Waals surface area contributed by atoms with E-state index >= 15 is 0 Å². The Morgan fingerprint density at radius 2 is 2.10 bits per heavy atom. The fraction of sp³-hybridized carbons (Fsp3) is 0. The highest BCUT2D eigenvalue weighted by Gasteiger charge is 2.19. The minimum absolute atomic E-state index is 0.126. The Hall–Kier alpha value is -2.31. The van der Waals surface area contributed by atoms with E-state index < -0.39 is 10.0 Å². The molecule has 106 valence electrons. The fourth-order valence-electron chi connectivity index (χ4n) is 1.95. The summed E-state index contributed by atoms with van der Waals surface area (Å²) in [5.41, 5.74) is 1.36. The molecule has 0 saturated heterocycles. The van der Waals surface area contributed by atoms with Crippen molar-refractivity contribution in [2.45, 2.75) is 5.03 Å². The van der Waals surface area contributed by atoms with Gasteiger partial charge in [-0.25, -0.2) is 4.98 Å². The van der Waals surface area contributed by atoms with Gasteiger partial charge in [0.05, 0.1) is 16.8 Å². The summed E-state index contributed by atoms with van der Waals surface area (Å²) in [4.78, 5) is 9.37. The molecule has 0 unspecified atom stereocenters. The Morgan fingerprint density at radius 1 is 1.29 bits per heavy atom. The average molecular weight is 366 g/mol. The van der Waals surface area contributed by atoms with Crippen molar-refractivity contribution in [3.8, 4) is 6.07 Å². The van der Waals surface area contributed by atoms with Crippen LogP contribution in [-0.4, -0.2) is 23.4 Å². The number of sulfonamides is 1. The molecule has 0 bridgehead atoms. The summed E-state index contributed by atoms with van der Waals surface area (Å²) in [6.07, 6.45) is 2.82. The van der Waals surface area contributed by atoms with Crippen LogP contribution in [0.15, 0.2) is 40.4 Å². The molecule has 0 radical (unpaired) electrons. The van der Waals surface area contributed by atoms with Gasteiger partial charge in [0, 0.05) is 17.8 Å². The summed E-state index contributed by atoms with van der Waals surface area (Å²) in [5.74, 6) is 0. The third-order valence-corrected chi connectivity index (χ3v) is 4.53. The molecule has 9 heteroatoms. The predicted molar refractivity (Wildman–Crippen MR) is 80.1 cm³/mol. The predicted octanol–water partition coefficient (Wildman–Crippen LogP) is 2.33. The smallest absolute Gasteiger partial charge is 0.281 e. The molecule has 0 aliphatic heterocycles. The summed E-state index contributed by atoms with van der Waals surface area (Å²) in [7, 11) is -3.81. The number of anilines is 1. The summed E-state index contributed by atoms with van der Waals surface area (Å²) >= 11 is 3.06. The molecule has 2 aromatic heterocycles. The molecule has 3 aromatic rings. The molecule has 2 heterocycles. The van der Waals surface area contributed by atoms with Crippen LogP contribution >= 0.6 is 15.9 Å². The topological polar surface area (TPSA) is 114 Å². The molecule has 1 aromatic carbocycles. The van der Waals surface area contributed by atoms with Gasteiger partial charge in [-0.05, 0) is 22.0 Å². The Kier molecular flexibility index (Phi) is 3.19. The van der Waals surface area contributed by atoms with Crippen LogP contribution in [0.2, 0.25) is 0 Å². The first kappa shape index (κ1) is 13.7. The highest BCUT2D eigenvalue weighted by Crippen LogP contribution is 2.26. The Balaban J connectivity index is 2.06. The second kappa shape index (κ2) is 4.91. The molecule has 0 fully saturated rings. The second-order valence-corrected chi connectivity index (χ2v) is 6.56. The normalized spacial score (nSPS) is 11.4. The quantitative estimate of drug-likeness (QED) is 0.660. The molecule has 3 N–H and O–H groups in total. The zero-order chi connectivity index (χ0) is 15.0. The second-order valence-electron chi connectivity index (χ2n) is 4.18. The highest BCUT2D eigenvalue weighted by molar-refractivity contribution is 9.10. The summed E-state index contributed by atoms with van der Waals surface area (Å²) in [6.45, 7) is 0.